The van der Waals surface area contributed by atoms with Gasteiger partial charge in [-0.2, -0.15) is 0 Å². The van der Waals surface area contributed by atoms with E-state index in [4.69, 9.17) is 4.74 Å². The van der Waals surface area contributed by atoms with Crippen LogP contribution in [0.4, 0.5) is 0 Å². The fraction of sp³-hybridized carbons (Fsp3) is 0.300. The number of esters is 1. The summed E-state index contributed by atoms with van der Waals surface area (Å²) in [6.45, 7) is 2.15. The maximum atomic E-state index is 13.1. The molecule has 0 radical (unpaired) electrons. The van der Waals surface area contributed by atoms with Crippen LogP contribution in [-0.2, 0) is 16.6 Å². The predicted octanol–water partition coefficient (Wildman–Crippen LogP) is 7.04. The molecule has 0 atom stereocenters. The highest BCUT2D eigenvalue weighted by Gasteiger charge is 2.36. The number of carbonyl (C=O) groups excluding carboxylic acids is 1. The Morgan fingerprint density at radius 3 is 2.09 bits per heavy atom. The third-order valence-corrected chi connectivity index (χ3v) is 7.21. The van der Waals surface area contributed by atoms with E-state index in [0.717, 1.165) is 37.7 Å². The molecule has 3 aromatic rings. The molecule has 3 aromatic carbocycles. The minimum absolute atomic E-state index is 0.0634. The van der Waals surface area contributed by atoms with E-state index in [1.165, 1.54) is 28.7 Å². The van der Waals surface area contributed by atoms with Crippen LogP contribution in [0, 0.1) is 6.92 Å². The first-order valence-corrected chi connectivity index (χ1v) is 11.8. The number of fused-ring (bicyclic) bond motifs is 1. The largest absolute Gasteiger partial charge is 0.459 e. The van der Waals surface area contributed by atoms with Gasteiger partial charge in [0.15, 0.2) is 0 Å². The van der Waals surface area contributed by atoms with Crippen molar-refractivity contribution in [2.45, 2.75) is 57.0 Å². The van der Waals surface area contributed by atoms with Gasteiger partial charge >= 0.3 is 5.97 Å². The average Bonchev–Trinajstić information content (AvgIpc) is 2.86. The highest BCUT2D eigenvalue weighted by molar-refractivity contribution is 5.95. The van der Waals surface area contributed by atoms with Gasteiger partial charge in [-0.1, -0.05) is 85.3 Å². The molecule has 0 N–H and O–H groups in total. The summed E-state index contributed by atoms with van der Waals surface area (Å²) < 4.78 is 5.93. The molecule has 0 aromatic heterocycles. The Hall–Kier alpha value is -3.13. The van der Waals surface area contributed by atoms with Crippen LogP contribution < -0.4 is 0 Å². The number of aryl methyl sites for hydroxylation is 1. The fourth-order valence-electron chi connectivity index (χ4n) is 5.37. The Bertz CT molecular complexity index is 1080. The van der Waals surface area contributed by atoms with Crippen LogP contribution in [0.25, 0.3) is 6.08 Å². The number of hydrogen-bond donors (Lipinski definition) is 0. The van der Waals surface area contributed by atoms with Gasteiger partial charge in [0.2, 0.25) is 0 Å². The molecule has 2 aliphatic rings. The molecule has 0 aliphatic heterocycles. The van der Waals surface area contributed by atoms with Crippen molar-refractivity contribution in [3.63, 3.8) is 0 Å². The number of hydrogen-bond acceptors (Lipinski definition) is 2. The quantitative estimate of drug-likeness (QED) is 0.422. The van der Waals surface area contributed by atoms with Crippen LogP contribution in [-0.4, -0.2) is 12.1 Å². The van der Waals surface area contributed by atoms with Crippen molar-refractivity contribution in [3.8, 4) is 0 Å². The maximum absolute atomic E-state index is 13.1. The second-order valence-electron chi connectivity index (χ2n) is 9.20. The monoisotopic (exact) mass is 422 g/mol. The van der Waals surface area contributed by atoms with E-state index >= 15 is 0 Å². The van der Waals surface area contributed by atoms with Gasteiger partial charge in [-0.3, -0.25) is 0 Å². The van der Waals surface area contributed by atoms with E-state index < -0.39 is 0 Å². The normalized spacial score (nSPS) is 17.5. The third kappa shape index (κ3) is 3.79. The lowest BCUT2D eigenvalue weighted by Gasteiger charge is -2.37. The molecule has 0 unspecified atom stereocenters. The highest BCUT2D eigenvalue weighted by atomic mass is 16.5. The van der Waals surface area contributed by atoms with Gasteiger partial charge in [-0.25, -0.2) is 4.79 Å². The van der Waals surface area contributed by atoms with Crippen molar-refractivity contribution >= 4 is 12.0 Å². The van der Waals surface area contributed by atoms with Gasteiger partial charge in [-0.15, -0.1) is 0 Å². The van der Waals surface area contributed by atoms with E-state index in [1.807, 2.05) is 6.07 Å². The molecule has 0 spiro atoms. The minimum Gasteiger partial charge on any atom is -0.459 e. The van der Waals surface area contributed by atoms with E-state index in [0.29, 0.717) is 5.56 Å². The molecule has 1 fully saturated rings. The Kier molecular flexibility index (Phi) is 5.70. The second kappa shape index (κ2) is 8.78. The SMILES string of the molecule is Cc1ccc(C(=O)OC2CCCCC2)c2c1CC(c1ccccc1)(c1ccccc1)C=C2. The molecule has 162 valence electrons. The summed E-state index contributed by atoms with van der Waals surface area (Å²) in [6, 6.07) is 25.4. The first-order chi connectivity index (χ1) is 15.7. The van der Waals surface area contributed by atoms with E-state index in [-0.39, 0.29) is 17.5 Å². The molecule has 2 nitrogen and oxygen atoms in total. The smallest absolute Gasteiger partial charge is 0.339 e. The molecule has 1 saturated carbocycles. The summed E-state index contributed by atoms with van der Waals surface area (Å²) in [5.74, 6) is -0.176. The molecule has 2 heteroatoms. The van der Waals surface area contributed by atoms with Crippen LogP contribution in [0.2, 0.25) is 0 Å². The fourth-order valence-corrected chi connectivity index (χ4v) is 5.37. The predicted molar refractivity (Wildman–Crippen MR) is 130 cm³/mol. The van der Waals surface area contributed by atoms with Gasteiger partial charge in [-0.05, 0) is 72.9 Å². The van der Waals surface area contributed by atoms with Gasteiger partial charge in [0.1, 0.15) is 6.10 Å². The topological polar surface area (TPSA) is 26.3 Å². The molecule has 2 aliphatic carbocycles. The van der Waals surface area contributed by atoms with Crippen LogP contribution in [0.5, 0.6) is 0 Å². The second-order valence-corrected chi connectivity index (χ2v) is 9.20. The number of carbonyl (C=O) groups is 1. The minimum atomic E-state index is -0.258. The standard InChI is InChI=1S/C30H30O2/c1-22-17-18-27(29(31)32-25-15-9-4-10-16-25)26-19-20-30(21-28(22)26,23-11-5-2-6-12-23)24-13-7-3-8-14-24/h2-3,5-8,11-14,17-20,25H,4,9-10,15-16,21H2,1H3. The molecule has 0 amide bonds. The van der Waals surface area contributed by atoms with Crippen molar-refractivity contribution in [2.24, 2.45) is 0 Å². The number of allylic oxidation sites excluding steroid dienone is 1. The number of rotatable bonds is 4. The Morgan fingerprint density at radius 2 is 1.47 bits per heavy atom. The molecule has 5 rings (SSSR count). The highest BCUT2D eigenvalue weighted by Crippen LogP contribution is 2.43. The van der Waals surface area contributed by atoms with Crippen molar-refractivity contribution in [2.75, 3.05) is 0 Å². The zero-order valence-electron chi connectivity index (χ0n) is 18.7. The van der Waals surface area contributed by atoms with Crippen molar-refractivity contribution < 1.29 is 9.53 Å². The summed E-state index contributed by atoms with van der Waals surface area (Å²) in [4.78, 5) is 13.1. The molecular weight excluding hydrogens is 392 g/mol. The lowest BCUT2D eigenvalue weighted by molar-refractivity contribution is 0.0210. The zero-order valence-corrected chi connectivity index (χ0v) is 18.7. The molecule has 0 bridgehead atoms. The Balaban J connectivity index is 1.56. The molecule has 32 heavy (non-hydrogen) atoms. The summed E-state index contributed by atoms with van der Waals surface area (Å²) in [6.07, 6.45) is 10.9. The van der Waals surface area contributed by atoms with Crippen LogP contribution >= 0.6 is 0 Å². The molecular formula is C30H30O2. The number of benzene rings is 3. The summed E-state index contributed by atoms with van der Waals surface area (Å²) in [5, 5.41) is 0. The van der Waals surface area contributed by atoms with Crippen molar-refractivity contribution in [1.82, 2.24) is 0 Å². The molecule has 0 saturated heterocycles. The van der Waals surface area contributed by atoms with Crippen LogP contribution in [0.1, 0.15) is 70.3 Å². The Labute approximate surface area is 190 Å². The van der Waals surface area contributed by atoms with Gasteiger partial charge in [0.25, 0.3) is 0 Å². The van der Waals surface area contributed by atoms with Crippen LogP contribution in [0.15, 0.2) is 78.9 Å². The van der Waals surface area contributed by atoms with E-state index in [1.54, 1.807) is 0 Å². The number of ether oxygens (including phenoxy) is 1. The van der Waals surface area contributed by atoms with Gasteiger partial charge < -0.3 is 4.74 Å². The summed E-state index contributed by atoms with van der Waals surface area (Å²) in [7, 11) is 0. The average molecular weight is 423 g/mol. The van der Waals surface area contributed by atoms with Crippen molar-refractivity contribution in [1.29, 1.82) is 0 Å². The Morgan fingerprint density at radius 1 is 0.844 bits per heavy atom. The van der Waals surface area contributed by atoms with E-state index in [2.05, 4.69) is 85.8 Å². The first kappa shape index (κ1) is 20.8. The maximum Gasteiger partial charge on any atom is 0.339 e. The lowest BCUT2D eigenvalue weighted by atomic mass is 9.66. The molecule has 0 heterocycles. The van der Waals surface area contributed by atoms with Gasteiger partial charge in [0.05, 0.1) is 5.56 Å². The van der Waals surface area contributed by atoms with E-state index in [9.17, 15) is 4.79 Å². The summed E-state index contributed by atoms with van der Waals surface area (Å²) >= 11 is 0. The lowest BCUT2D eigenvalue weighted by Crippen LogP contribution is -2.31. The van der Waals surface area contributed by atoms with Crippen LogP contribution in [0.3, 0.4) is 0 Å². The summed E-state index contributed by atoms with van der Waals surface area (Å²) in [5.41, 5.74) is 6.44. The van der Waals surface area contributed by atoms with Crippen molar-refractivity contribution in [3.05, 3.63) is 112 Å². The third-order valence-electron chi connectivity index (χ3n) is 7.21. The van der Waals surface area contributed by atoms with Gasteiger partial charge in [0, 0.05) is 5.41 Å². The zero-order chi connectivity index (χ0) is 22.0. The first-order valence-electron chi connectivity index (χ1n) is 11.8.